The molecule has 0 aliphatic rings. The highest BCUT2D eigenvalue weighted by Crippen LogP contribution is 2.19. The van der Waals surface area contributed by atoms with Gasteiger partial charge in [0.05, 0.1) is 12.1 Å². The number of aryl methyl sites for hydroxylation is 2. The zero-order valence-electron chi connectivity index (χ0n) is 11.0. The number of aromatic carboxylic acids is 1. The van der Waals surface area contributed by atoms with E-state index >= 15 is 0 Å². The summed E-state index contributed by atoms with van der Waals surface area (Å²) in [6.45, 7) is 4.98. The van der Waals surface area contributed by atoms with Crippen molar-refractivity contribution in [1.82, 2.24) is 9.55 Å². The van der Waals surface area contributed by atoms with Gasteiger partial charge in [-0.15, -0.1) is 0 Å². The fourth-order valence-electron chi connectivity index (χ4n) is 1.78. The molecular weight excluding hydrogens is 244 g/mol. The Morgan fingerprint density at radius 3 is 2.84 bits per heavy atom. The summed E-state index contributed by atoms with van der Waals surface area (Å²) in [5, 5.41) is 8.94. The minimum atomic E-state index is -0.949. The Labute approximate surface area is 111 Å². The Bertz CT molecular complexity index is 590. The molecule has 1 aromatic heterocycles. The summed E-state index contributed by atoms with van der Waals surface area (Å²) in [5.74, 6) is 0.590. The van der Waals surface area contributed by atoms with Crippen molar-refractivity contribution in [2.45, 2.75) is 20.4 Å². The van der Waals surface area contributed by atoms with E-state index in [1.807, 2.05) is 24.6 Å². The zero-order chi connectivity index (χ0) is 13.8. The van der Waals surface area contributed by atoms with Gasteiger partial charge in [0.15, 0.2) is 0 Å². The van der Waals surface area contributed by atoms with Crippen LogP contribution in [0.3, 0.4) is 0 Å². The monoisotopic (exact) mass is 260 g/mol. The molecule has 2 aromatic rings. The molecule has 2 rings (SSSR count). The summed E-state index contributed by atoms with van der Waals surface area (Å²) < 4.78 is 7.63. The number of hydrogen-bond donors (Lipinski definition) is 1. The number of aromatic nitrogens is 2. The maximum atomic E-state index is 10.9. The number of nitrogens with zero attached hydrogens (tertiary/aromatic N) is 2. The number of carboxylic acid groups (broad SMARTS) is 1. The fourth-order valence-corrected chi connectivity index (χ4v) is 1.78. The summed E-state index contributed by atoms with van der Waals surface area (Å²) in [6.07, 6.45) is 3.63. The molecule has 0 bridgehead atoms. The molecule has 5 heteroatoms. The molecule has 1 aromatic carbocycles. The molecule has 1 heterocycles. The molecular formula is C14H16N2O3. The van der Waals surface area contributed by atoms with E-state index in [9.17, 15) is 4.79 Å². The van der Waals surface area contributed by atoms with Crippen molar-refractivity contribution in [2.24, 2.45) is 0 Å². The summed E-state index contributed by atoms with van der Waals surface area (Å²) >= 11 is 0. The van der Waals surface area contributed by atoms with E-state index in [0.29, 0.717) is 18.9 Å². The Morgan fingerprint density at radius 2 is 2.21 bits per heavy atom. The summed E-state index contributed by atoms with van der Waals surface area (Å²) in [5.41, 5.74) is 1.16. The van der Waals surface area contributed by atoms with Crippen LogP contribution in [0.15, 0.2) is 30.6 Å². The van der Waals surface area contributed by atoms with E-state index in [0.717, 1.165) is 11.4 Å². The highest BCUT2D eigenvalue weighted by molar-refractivity contribution is 5.88. The highest BCUT2D eigenvalue weighted by Gasteiger charge is 2.07. The molecule has 5 nitrogen and oxygen atoms in total. The van der Waals surface area contributed by atoms with Crippen LogP contribution < -0.4 is 4.74 Å². The van der Waals surface area contributed by atoms with Crippen molar-refractivity contribution in [2.75, 3.05) is 6.61 Å². The molecule has 0 atom stereocenters. The predicted molar refractivity (Wildman–Crippen MR) is 70.6 cm³/mol. The molecule has 0 spiro atoms. The predicted octanol–water partition coefficient (Wildman–Crippen LogP) is 2.28. The van der Waals surface area contributed by atoms with E-state index in [1.54, 1.807) is 24.4 Å². The molecule has 0 aliphatic carbocycles. The molecule has 0 amide bonds. The zero-order valence-corrected chi connectivity index (χ0v) is 11.0. The smallest absolute Gasteiger partial charge is 0.335 e. The van der Waals surface area contributed by atoms with Crippen LogP contribution in [-0.4, -0.2) is 27.2 Å². The Morgan fingerprint density at radius 1 is 1.42 bits per heavy atom. The first-order valence-electron chi connectivity index (χ1n) is 6.02. The summed E-state index contributed by atoms with van der Waals surface area (Å²) in [7, 11) is 0. The largest absolute Gasteiger partial charge is 0.491 e. The van der Waals surface area contributed by atoms with Gasteiger partial charge in [0.1, 0.15) is 18.2 Å². The van der Waals surface area contributed by atoms with Gasteiger partial charge in [-0.05, 0) is 31.5 Å². The van der Waals surface area contributed by atoms with Gasteiger partial charge in [-0.3, -0.25) is 0 Å². The molecule has 0 aliphatic heterocycles. The van der Waals surface area contributed by atoms with Gasteiger partial charge in [-0.1, -0.05) is 6.07 Å². The molecule has 100 valence electrons. The number of carboxylic acids is 1. The van der Waals surface area contributed by atoms with Crippen molar-refractivity contribution >= 4 is 5.97 Å². The molecule has 0 saturated heterocycles. The first-order valence-corrected chi connectivity index (χ1v) is 6.02. The van der Waals surface area contributed by atoms with Crippen molar-refractivity contribution in [3.8, 4) is 5.75 Å². The Hall–Kier alpha value is -2.30. The second-order valence-electron chi connectivity index (χ2n) is 4.30. The Balaban J connectivity index is 2.01. The van der Waals surface area contributed by atoms with Crippen LogP contribution in [0, 0.1) is 13.8 Å². The van der Waals surface area contributed by atoms with Gasteiger partial charge in [0.2, 0.25) is 0 Å². The topological polar surface area (TPSA) is 64.3 Å². The second kappa shape index (κ2) is 5.56. The van der Waals surface area contributed by atoms with Crippen LogP contribution in [0.5, 0.6) is 5.75 Å². The fraction of sp³-hybridized carbons (Fsp3) is 0.286. The third-order valence-corrected chi connectivity index (χ3v) is 2.95. The number of imidazole rings is 1. The van der Waals surface area contributed by atoms with Crippen molar-refractivity contribution in [3.63, 3.8) is 0 Å². The van der Waals surface area contributed by atoms with Gasteiger partial charge < -0.3 is 14.4 Å². The maximum Gasteiger partial charge on any atom is 0.335 e. The van der Waals surface area contributed by atoms with Gasteiger partial charge in [0, 0.05) is 12.4 Å². The third kappa shape index (κ3) is 3.13. The van der Waals surface area contributed by atoms with E-state index in [2.05, 4.69) is 4.98 Å². The lowest BCUT2D eigenvalue weighted by Gasteiger charge is -2.11. The van der Waals surface area contributed by atoms with E-state index in [1.165, 1.54) is 0 Å². The Kier molecular flexibility index (Phi) is 3.85. The number of benzene rings is 1. The first kappa shape index (κ1) is 13.1. The molecule has 0 unspecified atom stereocenters. The van der Waals surface area contributed by atoms with Gasteiger partial charge in [-0.2, -0.15) is 0 Å². The van der Waals surface area contributed by atoms with Gasteiger partial charge in [-0.25, -0.2) is 9.78 Å². The summed E-state index contributed by atoms with van der Waals surface area (Å²) in [4.78, 5) is 15.0. The first-order chi connectivity index (χ1) is 9.08. The highest BCUT2D eigenvalue weighted by atomic mass is 16.5. The lowest BCUT2D eigenvalue weighted by atomic mass is 10.1. The SMILES string of the molecule is Cc1ccc(C(=O)O)cc1OCCn1ccnc1C. The van der Waals surface area contributed by atoms with Crippen LogP contribution in [-0.2, 0) is 6.54 Å². The van der Waals surface area contributed by atoms with Crippen LogP contribution in [0.25, 0.3) is 0 Å². The van der Waals surface area contributed by atoms with Crippen molar-refractivity contribution in [1.29, 1.82) is 0 Å². The van der Waals surface area contributed by atoms with E-state index in [4.69, 9.17) is 9.84 Å². The molecule has 1 N–H and O–H groups in total. The van der Waals surface area contributed by atoms with Gasteiger partial charge in [0.25, 0.3) is 0 Å². The normalized spacial score (nSPS) is 10.4. The quantitative estimate of drug-likeness (QED) is 0.895. The number of ether oxygens (including phenoxy) is 1. The third-order valence-electron chi connectivity index (χ3n) is 2.95. The van der Waals surface area contributed by atoms with Crippen molar-refractivity contribution < 1.29 is 14.6 Å². The lowest BCUT2D eigenvalue weighted by Crippen LogP contribution is -2.09. The molecule has 19 heavy (non-hydrogen) atoms. The van der Waals surface area contributed by atoms with E-state index < -0.39 is 5.97 Å². The minimum Gasteiger partial charge on any atom is -0.491 e. The van der Waals surface area contributed by atoms with Crippen LogP contribution in [0.4, 0.5) is 0 Å². The van der Waals surface area contributed by atoms with Crippen molar-refractivity contribution in [3.05, 3.63) is 47.5 Å². The van der Waals surface area contributed by atoms with Crippen LogP contribution >= 0.6 is 0 Å². The number of hydrogen-bond acceptors (Lipinski definition) is 3. The molecule has 0 saturated carbocycles. The standard InChI is InChI=1S/C14H16N2O3/c1-10-3-4-12(14(17)18)9-13(10)19-8-7-16-6-5-15-11(16)2/h3-6,9H,7-8H2,1-2H3,(H,17,18). The number of carbonyl (C=O) groups is 1. The molecule has 0 fully saturated rings. The van der Waals surface area contributed by atoms with E-state index in [-0.39, 0.29) is 5.56 Å². The van der Waals surface area contributed by atoms with Gasteiger partial charge >= 0.3 is 5.97 Å². The second-order valence-corrected chi connectivity index (χ2v) is 4.30. The summed E-state index contributed by atoms with van der Waals surface area (Å²) in [6, 6.07) is 4.88. The average molecular weight is 260 g/mol. The lowest BCUT2D eigenvalue weighted by molar-refractivity contribution is 0.0696. The average Bonchev–Trinajstić information content (AvgIpc) is 2.77. The number of rotatable bonds is 5. The molecule has 0 radical (unpaired) electrons. The maximum absolute atomic E-state index is 10.9. The van der Waals surface area contributed by atoms with Crippen LogP contribution in [0.1, 0.15) is 21.7 Å². The minimum absolute atomic E-state index is 0.236. The van der Waals surface area contributed by atoms with Crippen LogP contribution in [0.2, 0.25) is 0 Å².